The van der Waals surface area contributed by atoms with Crippen LogP contribution in [0, 0.1) is 5.92 Å². The van der Waals surface area contributed by atoms with Crippen molar-refractivity contribution < 1.29 is 14.3 Å². The van der Waals surface area contributed by atoms with Gasteiger partial charge in [-0.15, -0.1) is 6.58 Å². The molecule has 0 aliphatic carbocycles. The van der Waals surface area contributed by atoms with Crippen LogP contribution in [0.3, 0.4) is 0 Å². The smallest absolute Gasteiger partial charge is 0.169 e. The van der Waals surface area contributed by atoms with Gasteiger partial charge in [-0.1, -0.05) is 6.08 Å². The number of ketones is 1. The molecule has 1 aromatic carbocycles. The second-order valence-electron chi connectivity index (χ2n) is 5.96. The van der Waals surface area contributed by atoms with Crippen molar-refractivity contribution in [3.63, 3.8) is 0 Å². The normalized spacial score (nSPS) is 17.2. The fourth-order valence-corrected chi connectivity index (χ4v) is 3.31. The van der Waals surface area contributed by atoms with Crippen molar-refractivity contribution >= 4 is 23.1 Å². The zero-order valence-electron chi connectivity index (χ0n) is 13.6. The number of ether oxygens (including phenoxy) is 2. The number of nitrogens with one attached hydrogen (secondary N) is 1. The van der Waals surface area contributed by atoms with Crippen LogP contribution in [0.25, 0.3) is 0 Å². The molecule has 0 atom stereocenters. The molecule has 2 aliphatic heterocycles. The number of Topliss-reactive ketones (excluding diaryl/α,β-unsaturated/α-hetero) is 1. The number of thiocarbonyl (C=S) groups is 1. The number of piperidine rings is 1. The maximum atomic E-state index is 12.8. The van der Waals surface area contributed by atoms with E-state index in [1.54, 1.807) is 12.1 Å². The second-order valence-corrected chi connectivity index (χ2v) is 6.35. The number of likely N-dealkylation sites (tertiary alicyclic amines) is 1. The van der Waals surface area contributed by atoms with Crippen molar-refractivity contribution in [3.8, 4) is 11.5 Å². The van der Waals surface area contributed by atoms with Crippen molar-refractivity contribution in [1.82, 2.24) is 10.2 Å². The summed E-state index contributed by atoms with van der Waals surface area (Å²) in [7, 11) is 0. The Bertz CT molecular complexity index is 639. The van der Waals surface area contributed by atoms with Crippen molar-refractivity contribution in [2.75, 3.05) is 32.8 Å². The molecule has 1 fully saturated rings. The minimum Gasteiger partial charge on any atom is -0.486 e. The number of hydrogen-bond donors (Lipinski definition) is 1. The lowest BCUT2D eigenvalue weighted by molar-refractivity contribution is 0.0871. The van der Waals surface area contributed by atoms with Gasteiger partial charge in [0.05, 0.1) is 0 Å². The molecule has 5 nitrogen and oxygen atoms in total. The predicted molar refractivity (Wildman–Crippen MR) is 96.9 cm³/mol. The molecule has 0 bridgehead atoms. The molecule has 0 spiro atoms. The van der Waals surface area contributed by atoms with Gasteiger partial charge in [0.1, 0.15) is 13.2 Å². The summed E-state index contributed by atoms with van der Waals surface area (Å²) in [5.41, 5.74) is 0.699. The summed E-state index contributed by atoms with van der Waals surface area (Å²) in [6.45, 7) is 7.01. The standard InChI is InChI=1S/C18H22N2O3S/c1-2-7-19-18(24)20-8-5-13(6-9-20)17(21)14-3-4-15-16(12-14)23-11-10-22-15/h2-4,12-13H,1,5-11H2,(H,19,24). The largest absolute Gasteiger partial charge is 0.486 e. The third kappa shape index (κ3) is 3.70. The van der Waals surface area contributed by atoms with Gasteiger partial charge in [-0.25, -0.2) is 0 Å². The lowest BCUT2D eigenvalue weighted by Crippen LogP contribution is -2.45. The van der Waals surface area contributed by atoms with Crippen LogP contribution in [0.4, 0.5) is 0 Å². The van der Waals surface area contributed by atoms with E-state index in [9.17, 15) is 4.79 Å². The third-order valence-electron chi connectivity index (χ3n) is 4.38. The molecule has 1 N–H and O–H groups in total. The molecule has 0 aromatic heterocycles. The number of carbonyl (C=O) groups is 1. The van der Waals surface area contributed by atoms with Gasteiger partial charge in [0.15, 0.2) is 22.4 Å². The van der Waals surface area contributed by atoms with E-state index >= 15 is 0 Å². The highest BCUT2D eigenvalue weighted by molar-refractivity contribution is 7.80. The topological polar surface area (TPSA) is 50.8 Å². The van der Waals surface area contributed by atoms with Crippen LogP contribution in [-0.2, 0) is 0 Å². The van der Waals surface area contributed by atoms with Crippen LogP contribution in [0.15, 0.2) is 30.9 Å². The Hall–Kier alpha value is -2.08. The molecule has 0 radical (unpaired) electrons. The first-order chi connectivity index (χ1) is 11.7. The molecule has 2 heterocycles. The summed E-state index contributed by atoms with van der Waals surface area (Å²) in [4.78, 5) is 14.9. The van der Waals surface area contributed by atoms with Crippen LogP contribution in [0.2, 0.25) is 0 Å². The lowest BCUT2D eigenvalue weighted by atomic mass is 9.89. The van der Waals surface area contributed by atoms with Gasteiger partial charge in [-0.2, -0.15) is 0 Å². The van der Waals surface area contributed by atoms with Gasteiger partial charge in [0.2, 0.25) is 0 Å². The number of hydrogen-bond acceptors (Lipinski definition) is 4. The Morgan fingerprint density at radius 1 is 1.29 bits per heavy atom. The first-order valence-corrected chi connectivity index (χ1v) is 8.67. The molecule has 24 heavy (non-hydrogen) atoms. The fraction of sp³-hybridized carbons (Fsp3) is 0.444. The van der Waals surface area contributed by atoms with Crippen molar-refractivity contribution in [2.24, 2.45) is 5.92 Å². The number of benzene rings is 1. The molecule has 3 rings (SSSR count). The van der Waals surface area contributed by atoms with Crippen LogP contribution in [0.5, 0.6) is 11.5 Å². The minimum absolute atomic E-state index is 0.0333. The summed E-state index contributed by atoms with van der Waals surface area (Å²) in [5, 5.41) is 3.87. The monoisotopic (exact) mass is 346 g/mol. The van der Waals surface area contributed by atoms with Crippen LogP contribution < -0.4 is 14.8 Å². The Kier molecular flexibility index (Phi) is 5.35. The Morgan fingerprint density at radius 3 is 2.71 bits per heavy atom. The quantitative estimate of drug-likeness (QED) is 0.513. The maximum absolute atomic E-state index is 12.8. The first kappa shape index (κ1) is 16.8. The second kappa shape index (κ2) is 7.66. The van der Waals surface area contributed by atoms with E-state index in [0.717, 1.165) is 31.0 Å². The van der Waals surface area contributed by atoms with E-state index < -0.39 is 0 Å². The summed E-state index contributed by atoms with van der Waals surface area (Å²) in [5.74, 6) is 1.59. The first-order valence-electron chi connectivity index (χ1n) is 8.26. The van der Waals surface area contributed by atoms with Crippen LogP contribution in [0.1, 0.15) is 23.2 Å². The van der Waals surface area contributed by atoms with E-state index in [0.29, 0.717) is 36.8 Å². The van der Waals surface area contributed by atoms with E-state index in [2.05, 4.69) is 16.8 Å². The highest BCUT2D eigenvalue weighted by Crippen LogP contribution is 2.32. The van der Waals surface area contributed by atoms with E-state index in [1.807, 2.05) is 12.1 Å². The average Bonchev–Trinajstić information content (AvgIpc) is 2.65. The van der Waals surface area contributed by atoms with Gasteiger partial charge in [-0.05, 0) is 43.3 Å². The number of nitrogens with zero attached hydrogens (tertiary/aromatic N) is 1. The summed E-state index contributed by atoms with van der Waals surface area (Å²) >= 11 is 5.36. The number of carbonyl (C=O) groups excluding carboxylic acids is 1. The van der Waals surface area contributed by atoms with Gasteiger partial charge in [-0.3, -0.25) is 4.79 Å². The van der Waals surface area contributed by atoms with E-state index in [1.165, 1.54) is 0 Å². The zero-order chi connectivity index (χ0) is 16.9. The molecular weight excluding hydrogens is 324 g/mol. The van der Waals surface area contributed by atoms with Gasteiger partial charge < -0.3 is 19.7 Å². The molecule has 0 amide bonds. The van der Waals surface area contributed by atoms with Crippen LogP contribution >= 0.6 is 12.2 Å². The van der Waals surface area contributed by atoms with E-state index in [4.69, 9.17) is 21.7 Å². The molecule has 128 valence electrons. The molecule has 6 heteroatoms. The van der Waals surface area contributed by atoms with Gasteiger partial charge in [0, 0.05) is 31.1 Å². The molecule has 2 aliphatic rings. The molecule has 0 saturated carbocycles. The Labute approximate surface area is 147 Å². The molecule has 1 saturated heterocycles. The fourth-order valence-electron chi connectivity index (χ4n) is 3.05. The summed E-state index contributed by atoms with van der Waals surface area (Å²) in [6, 6.07) is 5.46. The van der Waals surface area contributed by atoms with Crippen molar-refractivity contribution in [1.29, 1.82) is 0 Å². The van der Waals surface area contributed by atoms with Crippen LogP contribution in [-0.4, -0.2) is 48.6 Å². The van der Waals surface area contributed by atoms with Crippen molar-refractivity contribution in [3.05, 3.63) is 36.4 Å². The highest BCUT2D eigenvalue weighted by atomic mass is 32.1. The Morgan fingerprint density at radius 2 is 2.00 bits per heavy atom. The van der Waals surface area contributed by atoms with Crippen molar-refractivity contribution in [2.45, 2.75) is 12.8 Å². The predicted octanol–water partition coefficient (Wildman–Crippen LogP) is 2.41. The average molecular weight is 346 g/mol. The third-order valence-corrected chi connectivity index (χ3v) is 4.78. The van der Waals surface area contributed by atoms with Gasteiger partial charge in [0.25, 0.3) is 0 Å². The lowest BCUT2D eigenvalue weighted by Gasteiger charge is -2.33. The highest BCUT2D eigenvalue weighted by Gasteiger charge is 2.27. The van der Waals surface area contributed by atoms with E-state index in [-0.39, 0.29) is 11.7 Å². The molecule has 1 aromatic rings. The summed E-state index contributed by atoms with van der Waals surface area (Å²) in [6.07, 6.45) is 3.40. The zero-order valence-corrected chi connectivity index (χ0v) is 14.4. The Balaban J connectivity index is 1.59. The summed E-state index contributed by atoms with van der Waals surface area (Å²) < 4.78 is 11.1. The number of rotatable bonds is 4. The number of fused-ring (bicyclic) bond motifs is 1. The SMILES string of the molecule is C=CCNC(=S)N1CCC(C(=O)c2ccc3c(c2)OCCO3)CC1. The van der Waals surface area contributed by atoms with Gasteiger partial charge >= 0.3 is 0 Å². The minimum atomic E-state index is 0.0333. The molecule has 0 unspecified atom stereocenters. The maximum Gasteiger partial charge on any atom is 0.169 e. The molecular formula is C18H22N2O3S.